The third kappa shape index (κ3) is 3.20. The van der Waals surface area contributed by atoms with Crippen molar-refractivity contribution in [3.8, 4) is 33.8 Å². The monoisotopic (exact) mass is 476 g/mol. The van der Waals surface area contributed by atoms with Crippen molar-refractivity contribution in [1.29, 1.82) is 0 Å². The van der Waals surface area contributed by atoms with E-state index >= 15 is 0 Å². The van der Waals surface area contributed by atoms with Gasteiger partial charge in [-0.25, -0.2) is 4.98 Å². The molecule has 0 unspecified atom stereocenters. The molecule has 0 fully saturated rings. The second-order valence-corrected chi connectivity index (χ2v) is 8.45. The van der Waals surface area contributed by atoms with E-state index in [0.29, 0.717) is 11.5 Å². The van der Waals surface area contributed by atoms with Crippen molar-refractivity contribution in [1.82, 2.24) is 9.97 Å². The zero-order chi connectivity index (χ0) is 21.5. The van der Waals surface area contributed by atoms with Crippen molar-refractivity contribution >= 4 is 38.0 Å². The lowest BCUT2D eigenvalue weighted by atomic mass is 10.0. The molecule has 6 aromatic rings. The predicted molar refractivity (Wildman–Crippen MR) is 133 cm³/mol. The summed E-state index contributed by atoms with van der Waals surface area (Å²) >= 11 is 3.68. The molecular weight excluding hydrogens is 460 g/mol. The van der Waals surface area contributed by atoms with Crippen LogP contribution in [0.15, 0.2) is 112 Å². The number of rotatable bonds is 3. The first kappa shape index (κ1) is 19.0. The highest BCUT2D eigenvalue weighted by Crippen LogP contribution is 2.39. The molecule has 0 radical (unpaired) electrons. The molecule has 32 heavy (non-hydrogen) atoms. The quantitative estimate of drug-likeness (QED) is 0.258. The van der Waals surface area contributed by atoms with Crippen molar-refractivity contribution < 1.29 is 4.42 Å². The smallest absolute Gasteiger partial charge is 0.231 e. The van der Waals surface area contributed by atoms with Crippen molar-refractivity contribution in [3.05, 3.63) is 108 Å². The van der Waals surface area contributed by atoms with Crippen LogP contribution in [0.25, 0.3) is 55.8 Å². The second-order valence-electron chi connectivity index (χ2n) is 7.60. The van der Waals surface area contributed by atoms with Crippen molar-refractivity contribution in [2.45, 2.75) is 0 Å². The lowest BCUT2D eigenvalue weighted by Gasteiger charge is -2.08. The number of furan rings is 1. The Kier molecular flexibility index (Phi) is 4.58. The molecule has 0 saturated heterocycles. The Morgan fingerprint density at radius 2 is 1.16 bits per heavy atom. The average Bonchev–Trinajstić information content (AvgIpc) is 3.24. The number of nitrogens with zero attached hydrogens (tertiary/aromatic N) is 2. The number of halogens is 1. The van der Waals surface area contributed by atoms with Gasteiger partial charge >= 0.3 is 0 Å². The zero-order valence-electron chi connectivity index (χ0n) is 17.0. The maximum Gasteiger partial charge on any atom is 0.231 e. The van der Waals surface area contributed by atoms with Crippen LogP contribution in [-0.2, 0) is 0 Å². The van der Waals surface area contributed by atoms with E-state index in [-0.39, 0.29) is 0 Å². The number of benzene rings is 4. The van der Waals surface area contributed by atoms with Gasteiger partial charge in [0.2, 0.25) is 5.71 Å². The molecule has 0 amide bonds. The van der Waals surface area contributed by atoms with Crippen molar-refractivity contribution in [2.24, 2.45) is 0 Å². The lowest BCUT2D eigenvalue weighted by Crippen LogP contribution is -1.94. The van der Waals surface area contributed by atoms with E-state index < -0.39 is 0 Å². The minimum atomic E-state index is 0.586. The molecule has 0 spiro atoms. The molecule has 0 saturated carbocycles. The van der Waals surface area contributed by atoms with E-state index in [0.717, 1.165) is 43.2 Å². The summed E-state index contributed by atoms with van der Waals surface area (Å²) < 4.78 is 7.14. The van der Waals surface area contributed by atoms with Gasteiger partial charge in [0.1, 0.15) is 5.58 Å². The summed E-state index contributed by atoms with van der Waals surface area (Å²) in [7, 11) is 0. The molecule has 4 aromatic carbocycles. The van der Waals surface area contributed by atoms with Gasteiger partial charge in [0.15, 0.2) is 5.82 Å². The van der Waals surface area contributed by atoms with E-state index in [4.69, 9.17) is 14.4 Å². The van der Waals surface area contributed by atoms with Gasteiger partial charge in [0, 0.05) is 21.0 Å². The normalized spacial score (nSPS) is 11.3. The Labute approximate surface area is 193 Å². The molecule has 0 bridgehead atoms. The molecule has 3 nitrogen and oxygen atoms in total. The Bertz CT molecular complexity index is 1560. The fourth-order valence-electron chi connectivity index (χ4n) is 4.05. The van der Waals surface area contributed by atoms with Crippen LogP contribution in [0.2, 0.25) is 0 Å². The van der Waals surface area contributed by atoms with Crippen LogP contribution >= 0.6 is 15.9 Å². The fourth-order valence-corrected chi connectivity index (χ4v) is 4.60. The number of aromatic nitrogens is 2. The molecule has 4 heteroatoms. The largest absolute Gasteiger partial charge is 0.438 e. The Morgan fingerprint density at radius 1 is 0.531 bits per heavy atom. The van der Waals surface area contributed by atoms with Gasteiger partial charge in [-0.1, -0.05) is 107 Å². The summed E-state index contributed by atoms with van der Waals surface area (Å²) in [5.74, 6) is 0.645. The predicted octanol–water partition coefficient (Wildman–Crippen LogP) is 8.14. The minimum absolute atomic E-state index is 0.586. The SMILES string of the molecule is Brc1cccc2oc3nc(-c4ccc(-c5ccccc5)cc4)nc(-c4ccccc4)c3c12. The van der Waals surface area contributed by atoms with E-state index in [1.54, 1.807) is 0 Å². The summed E-state index contributed by atoms with van der Waals surface area (Å²) in [6.45, 7) is 0. The first-order chi connectivity index (χ1) is 15.8. The van der Waals surface area contributed by atoms with Gasteiger partial charge in [-0.3, -0.25) is 0 Å². The molecule has 0 aliphatic carbocycles. The van der Waals surface area contributed by atoms with Gasteiger partial charge in [-0.05, 0) is 23.3 Å². The summed E-state index contributed by atoms with van der Waals surface area (Å²) in [5, 5.41) is 1.91. The molecule has 6 rings (SSSR count). The topological polar surface area (TPSA) is 38.9 Å². The summed E-state index contributed by atoms with van der Waals surface area (Å²) in [6.07, 6.45) is 0. The molecule has 2 heterocycles. The van der Waals surface area contributed by atoms with Crippen LogP contribution in [0.1, 0.15) is 0 Å². The van der Waals surface area contributed by atoms with E-state index in [2.05, 4.69) is 64.5 Å². The molecule has 0 aliphatic heterocycles. The van der Waals surface area contributed by atoms with E-state index in [1.165, 1.54) is 5.56 Å². The molecule has 2 aromatic heterocycles. The fraction of sp³-hybridized carbons (Fsp3) is 0. The number of fused-ring (bicyclic) bond motifs is 3. The van der Waals surface area contributed by atoms with Crippen LogP contribution in [0.5, 0.6) is 0 Å². The Hall–Kier alpha value is -3.76. The number of hydrogen-bond donors (Lipinski definition) is 0. The minimum Gasteiger partial charge on any atom is -0.438 e. The van der Waals surface area contributed by atoms with Crippen LogP contribution in [0, 0.1) is 0 Å². The first-order valence-electron chi connectivity index (χ1n) is 10.4. The highest BCUT2D eigenvalue weighted by molar-refractivity contribution is 9.10. The first-order valence-corrected chi connectivity index (χ1v) is 11.2. The standard InChI is InChI=1S/C28H17BrN2O/c29-22-12-7-13-23-24(22)25-26(20-10-5-2-6-11-20)30-27(31-28(25)32-23)21-16-14-19(15-17-21)18-8-3-1-4-9-18/h1-17H. The van der Waals surface area contributed by atoms with Gasteiger partial charge in [0.25, 0.3) is 0 Å². The second kappa shape index (κ2) is 7.74. The molecule has 0 atom stereocenters. The highest BCUT2D eigenvalue weighted by atomic mass is 79.9. The zero-order valence-corrected chi connectivity index (χ0v) is 18.6. The maximum absolute atomic E-state index is 6.17. The Balaban J connectivity index is 1.57. The third-order valence-electron chi connectivity index (χ3n) is 5.61. The van der Waals surface area contributed by atoms with Crippen LogP contribution in [0.4, 0.5) is 0 Å². The highest BCUT2D eigenvalue weighted by Gasteiger charge is 2.19. The summed E-state index contributed by atoms with van der Waals surface area (Å²) in [5.41, 5.74) is 6.56. The molecular formula is C28H17BrN2O. The summed E-state index contributed by atoms with van der Waals surface area (Å²) in [4.78, 5) is 9.83. The summed E-state index contributed by atoms with van der Waals surface area (Å²) in [6, 6.07) is 34.8. The van der Waals surface area contributed by atoms with Gasteiger partial charge in [0.05, 0.1) is 11.1 Å². The van der Waals surface area contributed by atoms with Gasteiger partial charge in [-0.2, -0.15) is 4.98 Å². The van der Waals surface area contributed by atoms with Crippen molar-refractivity contribution in [2.75, 3.05) is 0 Å². The van der Waals surface area contributed by atoms with Gasteiger partial charge < -0.3 is 4.42 Å². The van der Waals surface area contributed by atoms with Crippen LogP contribution in [0.3, 0.4) is 0 Å². The average molecular weight is 477 g/mol. The number of hydrogen-bond acceptors (Lipinski definition) is 3. The third-order valence-corrected chi connectivity index (χ3v) is 6.27. The van der Waals surface area contributed by atoms with Gasteiger partial charge in [-0.15, -0.1) is 0 Å². The molecule has 0 N–H and O–H groups in total. The van der Waals surface area contributed by atoms with Crippen molar-refractivity contribution in [3.63, 3.8) is 0 Å². The molecule has 0 aliphatic rings. The molecule has 152 valence electrons. The van der Waals surface area contributed by atoms with E-state index in [1.807, 2.05) is 54.6 Å². The maximum atomic E-state index is 6.17. The Morgan fingerprint density at radius 3 is 1.88 bits per heavy atom. The van der Waals surface area contributed by atoms with Crippen LogP contribution < -0.4 is 0 Å². The lowest BCUT2D eigenvalue weighted by molar-refractivity contribution is 0.653. The van der Waals surface area contributed by atoms with Crippen LogP contribution in [-0.4, -0.2) is 9.97 Å². The van der Waals surface area contributed by atoms with E-state index in [9.17, 15) is 0 Å².